The van der Waals surface area contributed by atoms with Crippen LogP contribution in [-0.2, 0) is 20.1 Å². The van der Waals surface area contributed by atoms with E-state index in [1.165, 1.54) is 9.13 Å². The maximum Gasteiger partial charge on any atom is 0.332 e. The molecular weight excluding hydrogens is 394 g/mol. The fourth-order valence-electron chi connectivity index (χ4n) is 4.11. The first-order valence-corrected chi connectivity index (χ1v) is 10.4. The zero-order valence-corrected chi connectivity index (χ0v) is 17.5. The van der Waals surface area contributed by atoms with Crippen LogP contribution in [0.1, 0.15) is 13.3 Å². The van der Waals surface area contributed by atoms with Crippen LogP contribution < -0.4 is 20.9 Å². The summed E-state index contributed by atoms with van der Waals surface area (Å²) in [6.45, 7) is 3.59. The zero-order valence-electron chi connectivity index (χ0n) is 17.5. The average Bonchev–Trinajstić information content (AvgIpc) is 3.19. The highest BCUT2D eigenvalue weighted by Gasteiger charge is 2.26. The van der Waals surface area contributed by atoms with Crippen molar-refractivity contribution in [2.24, 2.45) is 7.05 Å². The van der Waals surface area contributed by atoms with Gasteiger partial charge in [0.15, 0.2) is 11.2 Å². The van der Waals surface area contributed by atoms with E-state index in [2.05, 4.69) is 4.90 Å². The molecule has 0 bridgehead atoms. The van der Waals surface area contributed by atoms with Crippen LogP contribution in [0.15, 0.2) is 64.2 Å². The highest BCUT2D eigenvalue weighted by molar-refractivity contribution is 5.77. The third-order valence-electron chi connectivity index (χ3n) is 5.66. The molecule has 0 fully saturated rings. The van der Waals surface area contributed by atoms with E-state index in [4.69, 9.17) is 9.72 Å². The maximum atomic E-state index is 13.0. The van der Waals surface area contributed by atoms with Gasteiger partial charge in [-0.2, -0.15) is 4.98 Å². The predicted molar refractivity (Wildman–Crippen MR) is 119 cm³/mol. The number of aromatic nitrogens is 4. The predicted octanol–water partition coefficient (Wildman–Crippen LogP) is 3.25. The van der Waals surface area contributed by atoms with E-state index in [0.717, 1.165) is 30.2 Å². The van der Waals surface area contributed by atoms with Crippen LogP contribution in [0, 0.1) is 0 Å². The number of aryl methyl sites for hydroxylation is 2. The molecule has 0 atom stereocenters. The Hall–Kier alpha value is -3.81. The Bertz CT molecular complexity index is 1370. The Morgan fingerprint density at radius 3 is 2.39 bits per heavy atom. The van der Waals surface area contributed by atoms with Crippen molar-refractivity contribution in [1.29, 1.82) is 0 Å². The lowest BCUT2D eigenvalue weighted by molar-refractivity contribution is 0.482. The molecule has 0 aliphatic carbocycles. The Morgan fingerprint density at radius 2 is 1.68 bits per heavy atom. The molecule has 0 saturated heterocycles. The minimum Gasteiger partial charge on any atom is -0.457 e. The van der Waals surface area contributed by atoms with Gasteiger partial charge in [0.2, 0.25) is 5.95 Å². The fourth-order valence-corrected chi connectivity index (χ4v) is 4.11. The van der Waals surface area contributed by atoms with Crippen molar-refractivity contribution in [3.63, 3.8) is 0 Å². The van der Waals surface area contributed by atoms with Crippen molar-refractivity contribution in [3.8, 4) is 11.5 Å². The van der Waals surface area contributed by atoms with Gasteiger partial charge in [0.1, 0.15) is 11.5 Å². The van der Waals surface area contributed by atoms with Gasteiger partial charge in [-0.15, -0.1) is 0 Å². The lowest BCUT2D eigenvalue weighted by Gasteiger charge is -2.29. The van der Waals surface area contributed by atoms with Crippen LogP contribution in [0.4, 0.5) is 11.6 Å². The van der Waals surface area contributed by atoms with Crippen molar-refractivity contribution in [2.45, 2.75) is 26.4 Å². The largest absolute Gasteiger partial charge is 0.457 e. The summed E-state index contributed by atoms with van der Waals surface area (Å²) in [5, 5.41) is 0. The number of para-hydroxylation sites is 1. The van der Waals surface area contributed by atoms with Gasteiger partial charge in [0.05, 0.1) is 0 Å². The Balaban J connectivity index is 1.56. The summed E-state index contributed by atoms with van der Waals surface area (Å²) in [6, 6.07) is 17.4. The van der Waals surface area contributed by atoms with Gasteiger partial charge in [0.25, 0.3) is 5.56 Å². The van der Waals surface area contributed by atoms with Crippen molar-refractivity contribution in [3.05, 3.63) is 75.4 Å². The second kappa shape index (κ2) is 7.46. The lowest BCUT2D eigenvalue weighted by Crippen LogP contribution is -2.39. The summed E-state index contributed by atoms with van der Waals surface area (Å²) in [6.07, 6.45) is 0.870. The molecule has 8 nitrogen and oxygen atoms in total. The molecule has 0 amide bonds. The highest BCUT2D eigenvalue weighted by Crippen LogP contribution is 2.32. The molecule has 0 saturated carbocycles. The van der Waals surface area contributed by atoms with Gasteiger partial charge >= 0.3 is 5.69 Å². The standard InChI is InChI=1S/C23H23N5O3/c1-3-26-21(29)19-20(25(2)23(26)30)24-22-27(14-7-15-28(19)22)16-10-12-18(13-11-16)31-17-8-5-4-6-9-17/h4-6,8-13H,3,7,14-15H2,1-2H3. The first kappa shape index (κ1) is 19.2. The quantitative estimate of drug-likeness (QED) is 0.510. The molecule has 31 heavy (non-hydrogen) atoms. The molecule has 2 aromatic heterocycles. The molecule has 3 heterocycles. The van der Waals surface area contributed by atoms with E-state index in [-0.39, 0.29) is 11.2 Å². The third-order valence-corrected chi connectivity index (χ3v) is 5.66. The lowest BCUT2D eigenvalue weighted by atomic mass is 10.2. The monoisotopic (exact) mass is 417 g/mol. The minimum absolute atomic E-state index is 0.284. The van der Waals surface area contributed by atoms with Crippen molar-refractivity contribution >= 4 is 22.8 Å². The fraction of sp³-hybridized carbons (Fsp3) is 0.261. The second-order valence-electron chi connectivity index (χ2n) is 7.54. The SMILES string of the molecule is CCn1c(=O)c2c(nc3n2CCCN3c2ccc(Oc3ccccc3)cc2)n(C)c1=O. The van der Waals surface area contributed by atoms with Crippen LogP contribution in [0.5, 0.6) is 11.5 Å². The molecule has 1 aliphatic heterocycles. The number of hydrogen-bond donors (Lipinski definition) is 0. The molecule has 0 radical (unpaired) electrons. The molecule has 8 heteroatoms. The molecule has 2 aromatic carbocycles. The van der Waals surface area contributed by atoms with E-state index in [1.807, 2.05) is 59.2 Å². The average molecular weight is 417 g/mol. The van der Waals surface area contributed by atoms with Gasteiger partial charge in [0, 0.05) is 32.4 Å². The maximum absolute atomic E-state index is 13.0. The Kier molecular flexibility index (Phi) is 4.62. The van der Waals surface area contributed by atoms with Crippen LogP contribution in [0.3, 0.4) is 0 Å². The normalized spacial score (nSPS) is 13.4. The van der Waals surface area contributed by atoms with Crippen molar-refractivity contribution in [1.82, 2.24) is 18.7 Å². The molecule has 0 unspecified atom stereocenters. The van der Waals surface area contributed by atoms with E-state index < -0.39 is 0 Å². The molecule has 1 aliphatic rings. The number of rotatable bonds is 4. The Labute approximate surface area is 178 Å². The van der Waals surface area contributed by atoms with E-state index >= 15 is 0 Å². The molecule has 0 N–H and O–H groups in total. The smallest absolute Gasteiger partial charge is 0.332 e. The number of fused-ring (bicyclic) bond motifs is 3. The van der Waals surface area contributed by atoms with Gasteiger partial charge in [-0.05, 0) is 49.7 Å². The topological polar surface area (TPSA) is 74.3 Å². The summed E-state index contributed by atoms with van der Waals surface area (Å²) in [5.41, 5.74) is 1.23. The van der Waals surface area contributed by atoms with Gasteiger partial charge in [-0.1, -0.05) is 18.2 Å². The van der Waals surface area contributed by atoms with Gasteiger partial charge < -0.3 is 14.2 Å². The summed E-state index contributed by atoms with van der Waals surface area (Å²) >= 11 is 0. The molecule has 158 valence electrons. The number of ether oxygens (including phenoxy) is 1. The molecular formula is C23H23N5O3. The van der Waals surface area contributed by atoms with Crippen LogP contribution in [0.25, 0.3) is 11.2 Å². The van der Waals surface area contributed by atoms with Crippen LogP contribution >= 0.6 is 0 Å². The number of anilines is 2. The molecule has 4 aromatic rings. The molecule has 0 spiro atoms. The summed E-state index contributed by atoms with van der Waals surface area (Å²) < 4.78 is 10.5. The third kappa shape index (κ3) is 3.11. The van der Waals surface area contributed by atoms with Crippen molar-refractivity contribution < 1.29 is 4.74 Å². The minimum atomic E-state index is -0.343. The number of imidazole rings is 1. The van der Waals surface area contributed by atoms with Gasteiger partial charge in [-0.25, -0.2) is 4.79 Å². The van der Waals surface area contributed by atoms with Crippen molar-refractivity contribution in [2.75, 3.05) is 11.4 Å². The number of benzene rings is 2. The van der Waals surface area contributed by atoms with E-state index in [1.54, 1.807) is 14.0 Å². The number of nitrogens with zero attached hydrogens (tertiary/aromatic N) is 5. The van der Waals surface area contributed by atoms with Gasteiger partial charge in [-0.3, -0.25) is 13.9 Å². The summed E-state index contributed by atoms with van der Waals surface area (Å²) in [5.74, 6) is 2.20. The number of hydrogen-bond acceptors (Lipinski definition) is 5. The van der Waals surface area contributed by atoms with Crippen LogP contribution in [0.2, 0.25) is 0 Å². The Morgan fingerprint density at radius 1 is 0.968 bits per heavy atom. The first-order valence-electron chi connectivity index (χ1n) is 10.4. The van der Waals surface area contributed by atoms with Crippen LogP contribution in [-0.4, -0.2) is 25.2 Å². The highest BCUT2D eigenvalue weighted by atomic mass is 16.5. The summed E-state index contributed by atoms with van der Waals surface area (Å²) in [7, 11) is 1.66. The zero-order chi connectivity index (χ0) is 21.5. The van der Waals surface area contributed by atoms with E-state index in [9.17, 15) is 9.59 Å². The second-order valence-corrected chi connectivity index (χ2v) is 7.54. The first-order chi connectivity index (χ1) is 15.1. The van der Waals surface area contributed by atoms with E-state index in [0.29, 0.717) is 30.2 Å². The molecule has 5 rings (SSSR count). The summed E-state index contributed by atoms with van der Waals surface area (Å²) in [4.78, 5) is 32.3.